The first-order chi connectivity index (χ1) is 10.7. The summed E-state index contributed by atoms with van der Waals surface area (Å²) in [6, 6.07) is 14.1. The number of fused-ring (bicyclic) bond motifs is 1. The zero-order chi connectivity index (χ0) is 15.7. The number of H-pyrrole nitrogens is 1. The number of nitrogens with zero attached hydrogens (tertiary/aromatic N) is 1. The van der Waals surface area contributed by atoms with E-state index in [-0.39, 0.29) is 0 Å². The molecule has 0 bridgehead atoms. The summed E-state index contributed by atoms with van der Waals surface area (Å²) < 4.78 is 10.7. The first-order valence-corrected chi connectivity index (χ1v) is 6.92. The molecule has 0 amide bonds. The van der Waals surface area contributed by atoms with Crippen molar-refractivity contribution >= 4 is 10.9 Å². The number of rotatable bonds is 3. The highest BCUT2D eigenvalue weighted by molar-refractivity contribution is 6.00. The van der Waals surface area contributed by atoms with Crippen LogP contribution in [0.15, 0.2) is 36.4 Å². The minimum Gasteiger partial charge on any atom is -0.493 e. The van der Waals surface area contributed by atoms with Gasteiger partial charge in [0.2, 0.25) is 0 Å². The molecule has 1 aromatic heterocycles. The Morgan fingerprint density at radius 3 is 2.23 bits per heavy atom. The van der Waals surface area contributed by atoms with Gasteiger partial charge in [-0.25, -0.2) is 0 Å². The van der Waals surface area contributed by atoms with Gasteiger partial charge >= 0.3 is 0 Å². The second kappa shape index (κ2) is 5.45. The minimum absolute atomic E-state index is 0.536. The maximum absolute atomic E-state index is 9.44. The van der Waals surface area contributed by atoms with Gasteiger partial charge in [0.05, 0.1) is 19.7 Å². The summed E-state index contributed by atoms with van der Waals surface area (Å²) in [7, 11) is 3.20. The number of nitriles is 1. The van der Waals surface area contributed by atoms with E-state index in [4.69, 9.17) is 9.47 Å². The fourth-order valence-electron chi connectivity index (χ4n) is 2.62. The number of hydrogen-bond acceptors (Lipinski definition) is 3. The molecule has 0 saturated heterocycles. The third-order valence-electron chi connectivity index (χ3n) is 3.75. The molecule has 110 valence electrons. The number of nitrogens with one attached hydrogen (secondary N) is 1. The lowest BCUT2D eigenvalue weighted by molar-refractivity contribution is 0.356. The van der Waals surface area contributed by atoms with Crippen LogP contribution in [0, 0.1) is 18.3 Å². The van der Waals surface area contributed by atoms with Crippen LogP contribution in [0.3, 0.4) is 0 Å². The number of methoxy groups -OCH3 is 2. The first-order valence-electron chi connectivity index (χ1n) is 6.92. The van der Waals surface area contributed by atoms with Crippen LogP contribution in [0.5, 0.6) is 11.5 Å². The second-order valence-electron chi connectivity index (χ2n) is 5.11. The monoisotopic (exact) mass is 292 g/mol. The Hall–Kier alpha value is -2.93. The summed E-state index contributed by atoms with van der Waals surface area (Å²) in [6.07, 6.45) is 0. The Morgan fingerprint density at radius 2 is 1.64 bits per heavy atom. The van der Waals surface area contributed by atoms with E-state index in [1.807, 2.05) is 43.3 Å². The van der Waals surface area contributed by atoms with E-state index in [0.29, 0.717) is 17.2 Å². The fraction of sp³-hybridized carbons (Fsp3) is 0.167. The molecule has 0 aliphatic rings. The van der Waals surface area contributed by atoms with Crippen molar-refractivity contribution in [2.45, 2.75) is 6.92 Å². The van der Waals surface area contributed by atoms with Crippen LogP contribution in [0.25, 0.3) is 22.0 Å². The predicted molar refractivity (Wildman–Crippen MR) is 86.3 cm³/mol. The minimum atomic E-state index is 0.536. The van der Waals surface area contributed by atoms with Crippen LogP contribution in [0.4, 0.5) is 0 Å². The van der Waals surface area contributed by atoms with Gasteiger partial charge in [0, 0.05) is 17.0 Å². The molecule has 1 heterocycles. The highest BCUT2D eigenvalue weighted by Gasteiger charge is 2.16. The van der Waals surface area contributed by atoms with Crippen molar-refractivity contribution in [2.75, 3.05) is 14.2 Å². The molecular formula is C18H16N2O2. The average molecular weight is 292 g/mol. The van der Waals surface area contributed by atoms with E-state index in [0.717, 1.165) is 22.0 Å². The molecule has 3 aromatic rings. The van der Waals surface area contributed by atoms with Gasteiger partial charge in [0.15, 0.2) is 11.5 Å². The number of aromatic nitrogens is 1. The lowest BCUT2D eigenvalue weighted by atomic mass is 10.0. The molecule has 3 rings (SSSR count). The molecule has 2 aromatic carbocycles. The van der Waals surface area contributed by atoms with Gasteiger partial charge in [-0.2, -0.15) is 5.26 Å². The molecule has 0 atom stereocenters. The number of aromatic amines is 1. The number of benzene rings is 2. The Bertz CT molecular complexity index is 871. The molecule has 22 heavy (non-hydrogen) atoms. The van der Waals surface area contributed by atoms with Crippen LogP contribution >= 0.6 is 0 Å². The quantitative estimate of drug-likeness (QED) is 0.792. The summed E-state index contributed by atoms with van der Waals surface area (Å²) >= 11 is 0. The largest absolute Gasteiger partial charge is 0.493 e. The molecule has 0 spiro atoms. The zero-order valence-corrected chi connectivity index (χ0v) is 12.7. The number of hydrogen-bond donors (Lipinski definition) is 1. The Balaban J connectivity index is 2.32. The van der Waals surface area contributed by atoms with Gasteiger partial charge in [-0.1, -0.05) is 29.8 Å². The van der Waals surface area contributed by atoms with Gasteiger partial charge in [-0.15, -0.1) is 0 Å². The maximum Gasteiger partial charge on any atom is 0.162 e. The topological polar surface area (TPSA) is 58.0 Å². The van der Waals surface area contributed by atoms with E-state index in [1.165, 1.54) is 5.56 Å². The van der Waals surface area contributed by atoms with E-state index in [2.05, 4.69) is 11.1 Å². The molecule has 0 radical (unpaired) electrons. The average Bonchev–Trinajstić information content (AvgIpc) is 2.91. The van der Waals surface area contributed by atoms with Crippen molar-refractivity contribution in [3.05, 3.63) is 47.7 Å². The predicted octanol–water partition coefficient (Wildman–Crippen LogP) is 4.03. The molecule has 1 N–H and O–H groups in total. The number of aryl methyl sites for hydroxylation is 1. The third-order valence-corrected chi connectivity index (χ3v) is 3.75. The molecule has 0 aliphatic carbocycles. The normalized spacial score (nSPS) is 10.5. The lowest BCUT2D eigenvalue weighted by Gasteiger charge is -2.08. The zero-order valence-electron chi connectivity index (χ0n) is 12.7. The van der Waals surface area contributed by atoms with Crippen LogP contribution < -0.4 is 9.47 Å². The van der Waals surface area contributed by atoms with Gasteiger partial charge < -0.3 is 14.5 Å². The Kier molecular flexibility index (Phi) is 3.48. The van der Waals surface area contributed by atoms with E-state index < -0.39 is 0 Å². The van der Waals surface area contributed by atoms with Gasteiger partial charge in [0.1, 0.15) is 11.8 Å². The Labute approximate surface area is 128 Å². The molecule has 4 heteroatoms. The summed E-state index contributed by atoms with van der Waals surface area (Å²) in [4.78, 5) is 3.16. The van der Waals surface area contributed by atoms with E-state index in [1.54, 1.807) is 14.2 Å². The van der Waals surface area contributed by atoms with E-state index >= 15 is 0 Å². The lowest BCUT2D eigenvalue weighted by Crippen LogP contribution is -1.90. The second-order valence-corrected chi connectivity index (χ2v) is 5.11. The fourth-order valence-corrected chi connectivity index (χ4v) is 2.62. The van der Waals surface area contributed by atoms with Crippen molar-refractivity contribution in [1.82, 2.24) is 4.98 Å². The van der Waals surface area contributed by atoms with Crippen molar-refractivity contribution in [3.63, 3.8) is 0 Å². The van der Waals surface area contributed by atoms with Crippen molar-refractivity contribution in [1.29, 1.82) is 5.26 Å². The van der Waals surface area contributed by atoms with Gasteiger partial charge in [-0.3, -0.25) is 0 Å². The highest BCUT2D eigenvalue weighted by Crippen LogP contribution is 2.38. The van der Waals surface area contributed by atoms with Gasteiger partial charge in [-0.05, 0) is 18.6 Å². The Morgan fingerprint density at radius 1 is 1.00 bits per heavy atom. The molecule has 0 fully saturated rings. The standard InChI is InChI=1S/C18H16N2O2/c1-11-4-6-12(7-5-11)18-13-8-16(21-2)17(22-3)9-14(13)20-15(18)10-19/h4-9,20H,1-3H3. The SMILES string of the molecule is COc1cc2[nH]c(C#N)c(-c3ccc(C)cc3)c2cc1OC. The van der Waals surface area contributed by atoms with Crippen molar-refractivity contribution in [3.8, 4) is 28.7 Å². The van der Waals surface area contributed by atoms with Crippen LogP contribution in [0.1, 0.15) is 11.3 Å². The van der Waals surface area contributed by atoms with Crippen LogP contribution in [-0.4, -0.2) is 19.2 Å². The highest BCUT2D eigenvalue weighted by atomic mass is 16.5. The van der Waals surface area contributed by atoms with Crippen molar-refractivity contribution in [2.24, 2.45) is 0 Å². The molecule has 0 saturated carbocycles. The maximum atomic E-state index is 9.44. The summed E-state index contributed by atoms with van der Waals surface area (Å²) in [6.45, 7) is 2.04. The first kappa shape index (κ1) is 14.0. The molecule has 0 aliphatic heterocycles. The molecule has 0 unspecified atom stereocenters. The smallest absolute Gasteiger partial charge is 0.162 e. The molecular weight excluding hydrogens is 276 g/mol. The summed E-state index contributed by atoms with van der Waals surface area (Å²) in [5.41, 5.74) is 4.46. The number of ether oxygens (including phenoxy) is 2. The third kappa shape index (κ3) is 2.17. The summed E-state index contributed by atoms with van der Waals surface area (Å²) in [5, 5.41) is 10.4. The van der Waals surface area contributed by atoms with Crippen LogP contribution in [-0.2, 0) is 0 Å². The van der Waals surface area contributed by atoms with Crippen LogP contribution in [0.2, 0.25) is 0 Å². The van der Waals surface area contributed by atoms with E-state index in [9.17, 15) is 5.26 Å². The summed E-state index contributed by atoms with van der Waals surface area (Å²) in [5.74, 6) is 1.28. The van der Waals surface area contributed by atoms with Gasteiger partial charge in [0.25, 0.3) is 0 Å². The van der Waals surface area contributed by atoms with Crippen molar-refractivity contribution < 1.29 is 9.47 Å². The molecule has 4 nitrogen and oxygen atoms in total.